The highest BCUT2D eigenvalue weighted by Crippen LogP contribution is 2.37. The molecule has 0 atom stereocenters. The average Bonchev–Trinajstić information content (AvgIpc) is 2.72. The number of fused-ring (bicyclic) bond motifs is 2. The third kappa shape index (κ3) is 2.82. The molecule has 1 saturated heterocycles. The number of halogens is 1. The SMILES string of the molecule is CN1CCN(C2=Cc3cc(Cl)ccc3Nc3ccccc32)CC1. The van der Waals surface area contributed by atoms with E-state index in [1.807, 2.05) is 12.1 Å². The van der Waals surface area contributed by atoms with Gasteiger partial charge < -0.3 is 15.1 Å². The fraction of sp³-hybridized carbons (Fsp3) is 0.263. The summed E-state index contributed by atoms with van der Waals surface area (Å²) in [5, 5.41) is 4.33. The first-order valence-electron chi connectivity index (χ1n) is 8.02. The first kappa shape index (κ1) is 14.6. The van der Waals surface area contributed by atoms with E-state index in [0.29, 0.717) is 0 Å². The Hall–Kier alpha value is -1.97. The number of piperazine rings is 1. The fourth-order valence-electron chi connectivity index (χ4n) is 3.26. The Morgan fingerprint density at radius 3 is 2.57 bits per heavy atom. The Balaban J connectivity index is 1.83. The van der Waals surface area contributed by atoms with E-state index in [1.165, 1.54) is 11.3 Å². The minimum atomic E-state index is 0.769. The Bertz CT molecular complexity index is 761. The van der Waals surface area contributed by atoms with E-state index in [4.69, 9.17) is 11.6 Å². The summed E-state index contributed by atoms with van der Waals surface area (Å²) in [6, 6.07) is 14.5. The van der Waals surface area contributed by atoms with Crippen LogP contribution in [0.3, 0.4) is 0 Å². The molecule has 0 amide bonds. The van der Waals surface area contributed by atoms with Crippen LogP contribution in [-0.4, -0.2) is 43.0 Å². The molecule has 4 rings (SSSR count). The van der Waals surface area contributed by atoms with Crippen LogP contribution in [0.5, 0.6) is 0 Å². The van der Waals surface area contributed by atoms with Gasteiger partial charge in [0.2, 0.25) is 0 Å². The zero-order valence-corrected chi connectivity index (χ0v) is 14.0. The smallest absolute Gasteiger partial charge is 0.0479 e. The van der Waals surface area contributed by atoms with Crippen molar-refractivity contribution in [3.8, 4) is 0 Å². The highest BCUT2D eigenvalue weighted by molar-refractivity contribution is 6.30. The molecule has 0 saturated carbocycles. The van der Waals surface area contributed by atoms with Crippen LogP contribution in [-0.2, 0) is 0 Å². The molecule has 4 heteroatoms. The van der Waals surface area contributed by atoms with Crippen molar-refractivity contribution in [3.63, 3.8) is 0 Å². The van der Waals surface area contributed by atoms with Crippen molar-refractivity contribution in [2.75, 3.05) is 38.5 Å². The largest absolute Gasteiger partial charge is 0.368 e. The lowest BCUT2D eigenvalue weighted by Crippen LogP contribution is -2.43. The summed E-state index contributed by atoms with van der Waals surface area (Å²) in [5.74, 6) is 0. The first-order chi connectivity index (χ1) is 11.2. The minimum absolute atomic E-state index is 0.769. The van der Waals surface area contributed by atoms with Crippen LogP contribution >= 0.6 is 11.6 Å². The number of rotatable bonds is 1. The van der Waals surface area contributed by atoms with Crippen molar-refractivity contribution in [3.05, 3.63) is 58.6 Å². The number of anilines is 2. The molecule has 118 valence electrons. The second-order valence-corrected chi connectivity index (χ2v) is 6.66. The molecule has 2 aromatic rings. The van der Waals surface area contributed by atoms with Gasteiger partial charge in [-0.15, -0.1) is 0 Å². The molecule has 2 aliphatic heterocycles. The van der Waals surface area contributed by atoms with Gasteiger partial charge in [-0.05, 0) is 37.4 Å². The molecule has 0 bridgehead atoms. The Morgan fingerprint density at radius 1 is 0.957 bits per heavy atom. The van der Waals surface area contributed by atoms with Gasteiger partial charge in [0.05, 0.1) is 0 Å². The molecule has 0 spiro atoms. The van der Waals surface area contributed by atoms with Crippen molar-refractivity contribution in [2.45, 2.75) is 0 Å². The van der Waals surface area contributed by atoms with Crippen molar-refractivity contribution in [2.24, 2.45) is 0 Å². The maximum atomic E-state index is 6.22. The molecule has 0 unspecified atom stereocenters. The van der Waals surface area contributed by atoms with Gasteiger partial charge in [-0.2, -0.15) is 0 Å². The van der Waals surface area contributed by atoms with Crippen LogP contribution in [0.15, 0.2) is 42.5 Å². The fourth-order valence-corrected chi connectivity index (χ4v) is 3.44. The van der Waals surface area contributed by atoms with E-state index < -0.39 is 0 Å². The van der Waals surface area contributed by atoms with Gasteiger partial charge in [-0.1, -0.05) is 29.8 Å². The summed E-state index contributed by atoms with van der Waals surface area (Å²) in [7, 11) is 2.18. The van der Waals surface area contributed by atoms with E-state index in [9.17, 15) is 0 Å². The van der Waals surface area contributed by atoms with Crippen LogP contribution in [0.4, 0.5) is 11.4 Å². The zero-order chi connectivity index (χ0) is 15.8. The lowest BCUT2D eigenvalue weighted by atomic mass is 10.1. The van der Waals surface area contributed by atoms with Gasteiger partial charge in [0.25, 0.3) is 0 Å². The van der Waals surface area contributed by atoms with Gasteiger partial charge in [0.1, 0.15) is 0 Å². The molecule has 1 N–H and O–H groups in total. The molecular formula is C19H20ClN3. The molecule has 23 heavy (non-hydrogen) atoms. The monoisotopic (exact) mass is 325 g/mol. The van der Waals surface area contributed by atoms with Gasteiger partial charge in [0.15, 0.2) is 0 Å². The number of hydrogen-bond donors (Lipinski definition) is 1. The molecule has 0 radical (unpaired) electrons. The standard InChI is InChI=1S/C19H20ClN3/c1-22-8-10-23(11-9-22)19-13-14-12-15(20)6-7-17(14)21-18-5-3-2-4-16(18)19/h2-7,12-13,21H,8-11H2,1H3. The van der Waals surface area contributed by atoms with Crippen molar-refractivity contribution < 1.29 is 0 Å². The number of benzene rings is 2. The number of nitrogens with zero attached hydrogens (tertiary/aromatic N) is 2. The summed E-state index contributed by atoms with van der Waals surface area (Å²) in [6.07, 6.45) is 2.27. The van der Waals surface area contributed by atoms with Crippen molar-refractivity contribution in [1.82, 2.24) is 9.80 Å². The van der Waals surface area contributed by atoms with E-state index >= 15 is 0 Å². The summed E-state index contributed by atoms with van der Waals surface area (Å²) in [5.41, 5.74) is 5.93. The molecule has 0 aliphatic carbocycles. The Labute approximate surface area is 142 Å². The molecule has 1 fully saturated rings. The first-order valence-corrected chi connectivity index (χ1v) is 8.40. The van der Waals surface area contributed by atoms with Gasteiger partial charge in [0, 0.05) is 59.4 Å². The summed E-state index contributed by atoms with van der Waals surface area (Å²) in [6.45, 7) is 4.28. The summed E-state index contributed by atoms with van der Waals surface area (Å²) in [4.78, 5) is 4.86. The molecular weight excluding hydrogens is 306 g/mol. The topological polar surface area (TPSA) is 18.5 Å². The van der Waals surface area contributed by atoms with E-state index in [1.54, 1.807) is 0 Å². The van der Waals surface area contributed by atoms with Crippen molar-refractivity contribution in [1.29, 1.82) is 0 Å². The van der Waals surface area contributed by atoms with Gasteiger partial charge in [-0.3, -0.25) is 0 Å². The minimum Gasteiger partial charge on any atom is -0.368 e. The predicted octanol–water partition coefficient (Wildman–Crippen LogP) is 4.14. The maximum absolute atomic E-state index is 6.22. The number of hydrogen-bond acceptors (Lipinski definition) is 3. The molecule has 0 aromatic heterocycles. The lowest BCUT2D eigenvalue weighted by molar-refractivity contribution is 0.208. The highest BCUT2D eigenvalue weighted by atomic mass is 35.5. The number of para-hydroxylation sites is 1. The lowest BCUT2D eigenvalue weighted by Gasteiger charge is -2.36. The third-order valence-electron chi connectivity index (χ3n) is 4.62. The van der Waals surface area contributed by atoms with Crippen LogP contribution in [0.1, 0.15) is 11.1 Å². The molecule has 2 aliphatic rings. The van der Waals surface area contributed by atoms with Crippen LogP contribution in [0.25, 0.3) is 11.8 Å². The van der Waals surface area contributed by atoms with Crippen LogP contribution < -0.4 is 5.32 Å². The highest BCUT2D eigenvalue weighted by Gasteiger charge is 2.22. The summed E-state index contributed by atoms with van der Waals surface area (Å²) < 4.78 is 0. The second-order valence-electron chi connectivity index (χ2n) is 6.22. The van der Waals surface area contributed by atoms with Gasteiger partial charge >= 0.3 is 0 Å². The van der Waals surface area contributed by atoms with E-state index in [2.05, 4.69) is 58.6 Å². The van der Waals surface area contributed by atoms with Crippen molar-refractivity contribution >= 4 is 34.7 Å². The zero-order valence-electron chi connectivity index (χ0n) is 13.2. The molecule has 3 nitrogen and oxygen atoms in total. The Morgan fingerprint density at radius 2 is 1.74 bits per heavy atom. The number of nitrogens with one attached hydrogen (secondary N) is 1. The van der Waals surface area contributed by atoms with Crippen LogP contribution in [0, 0.1) is 0 Å². The quantitative estimate of drug-likeness (QED) is 0.850. The van der Waals surface area contributed by atoms with E-state index in [-0.39, 0.29) is 0 Å². The average molecular weight is 326 g/mol. The maximum Gasteiger partial charge on any atom is 0.0479 e. The summed E-state index contributed by atoms with van der Waals surface area (Å²) >= 11 is 6.22. The molecule has 2 aromatic carbocycles. The van der Waals surface area contributed by atoms with E-state index in [0.717, 1.165) is 48.1 Å². The second kappa shape index (κ2) is 5.91. The Kier molecular flexibility index (Phi) is 3.76. The molecule has 2 heterocycles. The third-order valence-corrected chi connectivity index (χ3v) is 4.86. The predicted molar refractivity (Wildman–Crippen MR) is 98.1 cm³/mol. The number of likely N-dealkylation sites (N-methyl/N-ethyl adjacent to an activating group) is 1. The van der Waals surface area contributed by atoms with Gasteiger partial charge in [-0.25, -0.2) is 0 Å². The van der Waals surface area contributed by atoms with Crippen LogP contribution in [0.2, 0.25) is 5.02 Å². The normalized spacial score (nSPS) is 17.7.